The number of amides is 1. The highest BCUT2D eigenvalue weighted by Crippen LogP contribution is 2.51. The van der Waals surface area contributed by atoms with Crippen LogP contribution in [0.3, 0.4) is 0 Å². The second-order valence-electron chi connectivity index (χ2n) is 8.35. The van der Waals surface area contributed by atoms with Gasteiger partial charge in [0.1, 0.15) is 6.29 Å². The average molecular weight is 492 g/mol. The van der Waals surface area contributed by atoms with Crippen molar-refractivity contribution in [1.29, 1.82) is 0 Å². The fourth-order valence-electron chi connectivity index (χ4n) is 4.77. The van der Waals surface area contributed by atoms with Crippen LogP contribution in [0.2, 0.25) is 10.0 Å². The molecular weight excluding hydrogens is 465 g/mol. The summed E-state index contributed by atoms with van der Waals surface area (Å²) in [4.78, 5) is 37.1. The minimum atomic E-state index is -1.32. The molecule has 1 fully saturated rings. The van der Waals surface area contributed by atoms with Gasteiger partial charge in [0, 0.05) is 34.9 Å². The molecule has 1 aliphatic rings. The van der Waals surface area contributed by atoms with E-state index in [0.717, 1.165) is 17.4 Å². The largest absolute Gasteiger partial charge is 0.481 e. The molecule has 8 heteroatoms. The molecule has 0 bridgehead atoms. The quantitative estimate of drug-likeness (QED) is 0.454. The van der Waals surface area contributed by atoms with Crippen molar-refractivity contribution in [1.82, 2.24) is 5.32 Å². The van der Waals surface area contributed by atoms with Gasteiger partial charge in [0.25, 0.3) is 0 Å². The van der Waals surface area contributed by atoms with Crippen molar-refractivity contribution < 1.29 is 24.2 Å². The maximum absolute atomic E-state index is 13.6. The van der Waals surface area contributed by atoms with Gasteiger partial charge in [-0.2, -0.15) is 0 Å². The molecule has 0 radical (unpaired) electrons. The van der Waals surface area contributed by atoms with Gasteiger partial charge in [-0.05, 0) is 48.7 Å². The molecule has 2 aromatic rings. The van der Waals surface area contributed by atoms with E-state index in [1.54, 1.807) is 18.2 Å². The number of piperidine rings is 1. The Morgan fingerprint density at radius 1 is 1.21 bits per heavy atom. The number of aliphatic carboxylic acids is 1. The van der Waals surface area contributed by atoms with Crippen LogP contribution in [0.25, 0.3) is 0 Å². The van der Waals surface area contributed by atoms with Crippen LogP contribution < -0.4 is 5.32 Å². The maximum atomic E-state index is 13.6. The van der Waals surface area contributed by atoms with Crippen LogP contribution in [0.1, 0.15) is 49.3 Å². The Labute approximate surface area is 203 Å². The molecule has 1 amide bonds. The number of halogens is 2. The molecule has 1 heterocycles. The molecule has 0 saturated carbocycles. The highest BCUT2D eigenvalue weighted by atomic mass is 35.5. The Morgan fingerprint density at radius 2 is 1.94 bits per heavy atom. The number of benzene rings is 2. The SMILES string of the molecule is CCOC[C@@H](CC=O)[C@]1(CC(=O)O)C[C@H](c2cccc(Cl)c2)[C@@H](c2ccc(Cl)cc2)NC1=O. The number of hydrogen-bond acceptors (Lipinski definition) is 4. The van der Waals surface area contributed by atoms with Gasteiger partial charge in [-0.25, -0.2) is 0 Å². The average Bonchev–Trinajstić information content (AvgIpc) is 2.78. The summed E-state index contributed by atoms with van der Waals surface area (Å²) in [7, 11) is 0. The van der Waals surface area contributed by atoms with Crippen molar-refractivity contribution in [2.45, 2.75) is 38.1 Å². The lowest BCUT2D eigenvalue weighted by Crippen LogP contribution is -2.55. The van der Waals surface area contributed by atoms with Crippen molar-refractivity contribution in [3.8, 4) is 0 Å². The Balaban J connectivity index is 2.12. The first-order valence-corrected chi connectivity index (χ1v) is 11.6. The van der Waals surface area contributed by atoms with Crippen molar-refractivity contribution in [3.63, 3.8) is 0 Å². The number of rotatable bonds is 10. The van der Waals surface area contributed by atoms with Gasteiger partial charge in [0.05, 0.1) is 24.5 Å². The molecule has 1 aliphatic heterocycles. The summed E-state index contributed by atoms with van der Waals surface area (Å²) in [5.41, 5.74) is 0.398. The van der Waals surface area contributed by atoms with Crippen LogP contribution in [-0.2, 0) is 19.1 Å². The van der Waals surface area contributed by atoms with Crippen LogP contribution in [0.5, 0.6) is 0 Å². The van der Waals surface area contributed by atoms with Crippen molar-refractivity contribution in [2.75, 3.05) is 13.2 Å². The molecule has 176 valence electrons. The number of aldehydes is 1. The Morgan fingerprint density at radius 3 is 2.55 bits per heavy atom. The van der Waals surface area contributed by atoms with Gasteiger partial charge >= 0.3 is 5.97 Å². The summed E-state index contributed by atoms with van der Waals surface area (Å²) in [5, 5.41) is 13.9. The number of carbonyl (C=O) groups is 3. The molecule has 4 atom stereocenters. The van der Waals surface area contributed by atoms with E-state index in [-0.39, 0.29) is 25.4 Å². The molecule has 0 aliphatic carbocycles. The normalized spacial score (nSPS) is 23.5. The van der Waals surface area contributed by atoms with E-state index in [2.05, 4.69) is 5.32 Å². The second-order valence-corrected chi connectivity index (χ2v) is 9.23. The fourth-order valence-corrected chi connectivity index (χ4v) is 5.09. The lowest BCUT2D eigenvalue weighted by atomic mass is 9.61. The van der Waals surface area contributed by atoms with Gasteiger partial charge < -0.3 is 20.0 Å². The van der Waals surface area contributed by atoms with Gasteiger partial charge in [-0.3, -0.25) is 9.59 Å². The standard InChI is InChI=1S/C25H27Cl2NO5/c1-2-33-15-18(10-11-29)25(14-22(30)31)13-21(17-4-3-5-20(27)12-17)23(28-24(25)32)16-6-8-19(26)9-7-16/h3-9,11-12,18,21,23H,2,10,13-15H2,1H3,(H,28,32)(H,30,31)/t18-,21-,23-,25-/m1/s1. The molecule has 0 spiro atoms. The number of carbonyl (C=O) groups excluding carboxylic acids is 2. The highest BCUT2D eigenvalue weighted by molar-refractivity contribution is 6.30. The van der Waals surface area contributed by atoms with Crippen molar-refractivity contribution >= 4 is 41.4 Å². The number of carboxylic acids is 1. The highest BCUT2D eigenvalue weighted by Gasteiger charge is 2.53. The maximum Gasteiger partial charge on any atom is 0.304 e. The Kier molecular flexibility index (Phi) is 8.51. The van der Waals surface area contributed by atoms with E-state index in [9.17, 15) is 19.5 Å². The number of carboxylic acid groups (broad SMARTS) is 1. The molecule has 1 saturated heterocycles. The first-order valence-electron chi connectivity index (χ1n) is 10.9. The minimum Gasteiger partial charge on any atom is -0.481 e. The van der Waals surface area contributed by atoms with Crippen LogP contribution in [0, 0.1) is 11.3 Å². The first-order chi connectivity index (χ1) is 15.8. The summed E-state index contributed by atoms with van der Waals surface area (Å²) >= 11 is 12.3. The third-order valence-corrected chi connectivity index (χ3v) is 6.87. The topological polar surface area (TPSA) is 92.7 Å². The van der Waals surface area contributed by atoms with E-state index < -0.39 is 35.7 Å². The Bertz CT molecular complexity index is 997. The molecular formula is C25H27Cl2NO5. The zero-order chi connectivity index (χ0) is 24.0. The predicted octanol–water partition coefficient (Wildman–Crippen LogP) is 5.04. The lowest BCUT2D eigenvalue weighted by molar-refractivity contribution is -0.154. The summed E-state index contributed by atoms with van der Waals surface area (Å²) in [6.45, 7) is 2.32. The molecule has 3 rings (SSSR count). The van der Waals surface area contributed by atoms with E-state index in [0.29, 0.717) is 16.7 Å². The monoisotopic (exact) mass is 491 g/mol. The second kappa shape index (κ2) is 11.1. The smallest absolute Gasteiger partial charge is 0.304 e. The summed E-state index contributed by atoms with van der Waals surface area (Å²) in [5.74, 6) is -2.36. The van der Waals surface area contributed by atoms with E-state index in [1.165, 1.54) is 0 Å². The molecule has 0 unspecified atom stereocenters. The van der Waals surface area contributed by atoms with Crippen LogP contribution in [-0.4, -0.2) is 36.5 Å². The number of ether oxygens (including phenoxy) is 1. The van der Waals surface area contributed by atoms with Gasteiger partial charge in [0.2, 0.25) is 5.91 Å². The third-order valence-electron chi connectivity index (χ3n) is 6.38. The van der Waals surface area contributed by atoms with E-state index >= 15 is 0 Å². The summed E-state index contributed by atoms with van der Waals surface area (Å²) in [6.07, 6.45) is 0.563. The summed E-state index contributed by atoms with van der Waals surface area (Å²) < 4.78 is 5.57. The van der Waals surface area contributed by atoms with Gasteiger partial charge in [-0.15, -0.1) is 0 Å². The zero-order valence-corrected chi connectivity index (χ0v) is 19.8. The number of hydrogen-bond donors (Lipinski definition) is 2. The van der Waals surface area contributed by atoms with Crippen LogP contribution in [0.4, 0.5) is 0 Å². The predicted molar refractivity (Wildman–Crippen MR) is 126 cm³/mol. The molecule has 2 N–H and O–H groups in total. The lowest BCUT2D eigenvalue weighted by Gasteiger charge is -2.47. The fraction of sp³-hybridized carbons (Fsp3) is 0.400. The Hall–Kier alpha value is -2.41. The van der Waals surface area contributed by atoms with Gasteiger partial charge in [-0.1, -0.05) is 47.5 Å². The zero-order valence-electron chi connectivity index (χ0n) is 18.3. The van der Waals surface area contributed by atoms with E-state index in [1.807, 2.05) is 37.3 Å². The van der Waals surface area contributed by atoms with Crippen LogP contribution >= 0.6 is 23.2 Å². The molecule has 2 aromatic carbocycles. The molecule has 6 nitrogen and oxygen atoms in total. The molecule has 33 heavy (non-hydrogen) atoms. The minimum absolute atomic E-state index is 0.0224. The van der Waals surface area contributed by atoms with Crippen LogP contribution in [0.15, 0.2) is 48.5 Å². The third kappa shape index (κ3) is 5.75. The van der Waals surface area contributed by atoms with Crippen molar-refractivity contribution in [3.05, 3.63) is 69.7 Å². The van der Waals surface area contributed by atoms with E-state index in [4.69, 9.17) is 27.9 Å². The summed E-state index contributed by atoms with van der Waals surface area (Å²) in [6, 6.07) is 14.1. The van der Waals surface area contributed by atoms with Crippen molar-refractivity contribution in [2.24, 2.45) is 11.3 Å². The first kappa shape index (κ1) is 25.2. The van der Waals surface area contributed by atoms with Gasteiger partial charge in [0.15, 0.2) is 0 Å². The number of nitrogens with one attached hydrogen (secondary N) is 1. The molecule has 0 aromatic heterocycles.